The molecule has 1 spiro atoms. The van der Waals surface area contributed by atoms with Gasteiger partial charge in [-0.1, -0.05) is 42.3 Å². The van der Waals surface area contributed by atoms with E-state index in [0.29, 0.717) is 37.5 Å². The number of aliphatic imine (C=N–C) groups is 1. The average Bonchev–Trinajstić information content (AvgIpc) is 2.82. The number of carbonyl (C=O) groups is 3. The molecule has 1 aliphatic heterocycles. The molecule has 2 fully saturated rings. The van der Waals surface area contributed by atoms with E-state index < -0.39 is 23.3 Å². The molecule has 1 aromatic carbocycles. The third kappa shape index (κ3) is 4.58. The molecule has 1 amide bonds. The second kappa shape index (κ2) is 9.82. The predicted molar refractivity (Wildman–Crippen MR) is 128 cm³/mol. The fraction of sp³-hybridized carbons (Fsp3) is 0.375. The smallest absolute Gasteiger partial charge is 0.328 e. The molecular formula is C24H23Cl2N3O5. The zero-order valence-corrected chi connectivity index (χ0v) is 19.9. The van der Waals surface area contributed by atoms with Gasteiger partial charge in [-0.25, -0.2) is 4.79 Å². The summed E-state index contributed by atoms with van der Waals surface area (Å²) in [5.41, 5.74) is 1.34. The van der Waals surface area contributed by atoms with Gasteiger partial charge in [-0.05, 0) is 30.5 Å². The lowest BCUT2D eigenvalue weighted by atomic mass is 9.56. The number of rotatable bonds is 6. The summed E-state index contributed by atoms with van der Waals surface area (Å²) in [6.07, 6.45) is 3.91. The lowest BCUT2D eigenvalue weighted by molar-refractivity contribution is -0.139. The Morgan fingerprint density at radius 2 is 1.82 bits per heavy atom. The van der Waals surface area contributed by atoms with Gasteiger partial charge in [-0.3, -0.25) is 19.6 Å². The Hall–Kier alpha value is -2.81. The molecule has 1 saturated heterocycles. The molecule has 2 atom stereocenters. The highest BCUT2D eigenvalue weighted by Crippen LogP contribution is 2.47. The van der Waals surface area contributed by atoms with Crippen LogP contribution in [0.1, 0.15) is 35.7 Å². The van der Waals surface area contributed by atoms with Crippen LogP contribution in [0, 0.1) is 11.3 Å². The lowest BCUT2D eigenvalue weighted by Gasteiger charge is -2.48. The van der Waals surface area contributed by atoms with Crippen molar-refractivity contribution < 1.29 is 24.2 Å². The van der Waals surface area contributed by atoms with Crippen molar-refractivity contribution in [3.8, 4) is 0 Å². The molecule has 1 saturated carbocycles. The van der Waals surface area contributed by atoms with Crippen molar-refractivity contribution in [2.75, 3.05) is 18.5 Å². The molecule has 0 bridgehead atoms. The minimum absolute atomic E-state index is 0.119. The second-order valence-electron chi connectivity index (χ2n) is 8.48. The van der Waals surface area contributed by atoms with Crippen LogP contribution >= 0.6 is 23.2 Å². The Morgan fingerprint density at radius 1 is 1.21 bits per heavy atom. The van der Waals surface area contributed by atoms with E-state index >= 15 is 0 Å². The maximum atomic E-state index is 12.6. The van der Waals surface area contributed by atoms with E-state index in [1.165, 1.54) is 12.4 Å². The van der Waals surface area contributed by atoms with Crippen LogP contribution in [0.15, 0.2) is 41.7 Å². The third-order valence-corrected chi connectivity index (χ3v) is 6.99. The Morgan fingerprint density at radius 3 is 2.41 bits per heavy atom. The quantitative estimate of drug-likeness (QED) is 0.612. The molecule has 2 N–H and O–H groups in total. The van der Waals surface area contributed by atoms with Gasteiger partial charge in [0.05, 0.1) is 26.9 Å². The molecule has 34 heavy (non-hydrogen) atoms. The van der Waals surface area contributed by atoms with Gasteiger partial charge in [0.1, 0.15) is 0 Å². The van der Waals surface area contributed by atoms with Crippen molar-refractivity contribution in [1.82, 2.24) is 4.98 Å². The predicted octanol–water partition coefficient (Wildman–Crippen LogP) is 4.09. The fourth-order valence-electron chi connectivity index (χ4n) is 4.58. The summed E-state index contributed by atoms with van der Waals surface area (Å²) in [6, 6.07) is 5.76. The largest absolute Gasteiger partial charge is 0.480 e. The van der Waals surface area contributed by atoms with Gasteiger partial charge in [0, 0.05) is 43.4 Å². The molecule has 1 aromatic heterocycles. The van der Waals surface area contributed by atoms with Crippen LogP contribution in [0.25, 0.3) is 0 Å². The molecule has 2 aromatic rings. The van der Waals surface area contributed by atoms with Gasteiger partial charge in [-0.2, -0.15) is 0 Å². The number of carboxylic acids is 1. The number of Topliss-reactive ketones (excluding diaryl/α,β-unsaturated/α-hetero) is 1. The number of carboxylic acid groups (broad SMARTS) is 1. The third-order valence-electron chi connectivity index (χ3n) is 6.41. The molecular weight excluding hydrogens is 481 g/mol. The van der Waals surface area contributed by atoms with Gasteiger partial charge in [0.2, 0.25) is 0 Å². The van der Waals surface area contributed by atoms with Crippen LogP contribution in [0.5, 0.6) is 0 Å². The van der Waals surface area contributed by atoms with E-state index in [-0.39, 0.29) is 33.7 Å². The topological polar surface area (TPSA) is 118 Å². The van der Waals surface area contributed by atoms with E-state index in [0.717, 1.165) is 5.56 Å². The number of nitrogens with one attached hydrogen (secondary N) is 1. The number of anilines is 1. The molecule has 8 nitrogen and oxygen atoms in total. The summed E-state index contributed by atoms with van der Waals surface area (Å²) < 4.78 is 5.39. The first-order valence-corrected chi connectivity index (χ1v) is 11.6. The number of ether oxygens (including phenoxy) is 1. The van der Waals surface area contributed by atoms with Crippen molar-refractivity contribution in [2.45, 2.75) is 32.2 Å². The number of aromatic nitrogens is 1. The van der Waals surface area contributed by atoms with Crippen LogP contribution in [0.4, 0.5) is 5.69 Å². The molecule has 10 heteroatoms. The van der Waals surface area contributed by atoms with Gasteiger partial charge in [-0.15, -0.1) is 0 Å². The maximum Gasteiger partial charge on any atom is 0.328 e. The van der Waals surface area contributed by atoms with E-state index in [2.05, 4.69) is 15.3 Å². The normalized spacial score (nSPS) is 21.2. The van der Waals surface area contributed by atoms with Crippen LogP contribution in [-0.2, 0) is 20.7 Å². The monoisotopic (exact) mass is 503 g/mol. The fourth-order valence-corrected chi connectivity index (χ4v) is 5.12. The summed E-state index contributed by atoms with van der Waals surface area (Å²) in [5.74, 6) is -1.79. The van der Waals surface area contributed by atoms with E-state index in [9.17, 15) is 19.5 Å². The standard InChI is InChI=1S/C24H23Cl2N3O5/c1-13-20(24(21(13)30)6-8-34-9-7-24)29-18(23(32)33)10-14-2-4-15(5-3-14)28-22(31)19-16(25)11-27-12-17(19)26/h2-5,11-13,18H,6-10H2,1H3,(H,28,31)(H,32,33)/t13?,18-/m0/s1. The van der Waals surface area contributed by atoms with E-state index in [1.807, 2.05) is 0 Å². The molecule has 1 unspecified atom stereocenters. The van der Waals surface area contributed by atoms with E-state index in [1.54, 1.807) is 31.2 Å². The first-order valence-electron chi connectivity index (χ1n) is 10.9. The minimum atomic E-state index is -1.05. The highest BCUT2D eigenvalue weighted by atomic mass is 35.5. The van der Waals surface area contributed by atoms with Gasteiger partial charge in [0.25, 0.3) is 5.91 Å². The summed E-state index contributed by atoms with van der Waals surface area (Å²) in [5, 5.41) is 12.8. The molecule has 178 valence electrons. The van der Waals surface area contributed by atoms with Crippen molar-refractivity contribution >= 4 is 52.3 Å². The molecule has 1 aliphatic carbocycles. The number of ketones is 1. The van der Waals surface area contributed by atoms with Crippen LogP contribution < -0.4 is 5.32 Å². The Bertz CT molecular complexity index is 1140. The van der Waals surface area contributed by atoms with Crippen molar-refractivity contribution in [1.29, 1.82) is 0 Å². The minimum Gasteiger partial charge on any atom is -0.480 e. The molecule has 4 rings (SSSR count). The zero-order chi connectivity index (χ0) is 24.5. The summed E-state index contributed by atoms with van der Waals surface area (Å²) in [4.78, 5) is 45.5. The Labute approximate surface area is 206 Å². The first kappa shape index (κ1) is 24.3. The van der Waals surface area contributed by atoms with Crippen molar-refractivity contribution in [3.63, 3.8) is 0 Å². The average molecular weight is 504 g/mol. The number of carbonyl (C=O) groups excluding carboxylic acids is 2. The number of pyridine rings is 1. The molecule has 0 radical (unpaired) electrons. The molecule has 2 aliphatic rings. The molecule has 2 heterocycles. The number of nitrogens with zero attached hydrogens (tertiary/aromatic N) is 2. The van der Waals surface area contributed by atoms with Crippen LogP contribution in [-0.4, -0.2) is 52.7 Å². The van der Waals surface area contributed by atoms with Crippen molar-refractivity contribution in [3.05, 3.63) is 57.8 Å². The van der Waals surface area contributed by atoms with Gasteiger partial charge in [0.15, 0.2) is 11.8 Å². The summed E-state index contributed by atoms with van der Waals surface area (Å²) >= 11 is 12.1. The highest BCUT2D eigenvalue weighted by Gasteiger charge is 2.57. The van der Waals surface area contributed by atoms with Crippen LogP contribution in [0.3, 0.4) is 0 Å². The lowest BCUT2D eigenvalue weighted by Crippen LogP contribution is -2.60. The first-order chi connectivity index (χ1) is 16.2. The van der Waals surface area contributed by atoms with E-state index in [4.69, 9.17) is 27.9 Å². The summed E-state index contributed by atoms with van der Waals surface area (Å²) in [7, 11) is 0. The number of hydrogen-bond acceptors (Lipinski definition) is 6. The Kier molecular flexibility index (Phi) is 7.02. The van der Waals surface area contributed by atoms with Gasteiger partial charge < -0.3 is 15.2 Å². The maximum absolute atomic E-state index is 12.6. The SMILES string of the molecule is CC1C(=O)C2(CCOCC2)C1=N[C@@H](Cc1ccc(NC(=O)c2c(Cl)cncc2Cl)cc1)C(=O)O. The number of amides is 1. The number of benzene rings is 1. The zero-order valence-electron chi connectivity index (χ0n) is 18.4. The second-order valence-corrected chi connectivity index (χ2v) is 9.30. The number of hydrogen-bond donors (Lipinski definition) is 2. The van der Waals surface area contributed by atoms with Crippen molar-refractivity contribution in [2.24, 2.45) is 16.3 Å². The number of halogens is 2. The highest BCUT2D eigenvalue weighted by molar-refractivity contribution is 6.40. The van der Waals surface area contributed by atoms with Crippen LogP contribution in [0.2, 0.25) is 10.0 Å². The van der Waals surface area contributed by atoms with Gasteiger partial charge >= 0.3 is 5.97 Å². The number of aliphatic carboxylic acids is 1. The Balaban J connectivity index is 1.48. The summed E-state index contributed by atoms with van der Waals surface area (Å²) in [6.45, 7) is 2.72.